The van der Waals surface area contributed by atoms with E-state index in [1.807, 2.05) is 6.07 Å². The molecule has 0 aliphatic heterocycles. The van der Waals surface area contributed by atoms with Crippen LogP contribution < -0.4 is 5.32 Å². The van der Waals surface area contributed by atoms with E-state index in [-0.39, 0.29) is 6.61 Å². The highest BCUT2D eigenvalue weighted by molar-refractivity contribution is 6.39. The number of aromatic amines is 1. The van der Waals surface area contributed by atoms with Gasteiger partial charge in [-0.3, -0.25) is 0 Å². The molecule has 0 saturated heterocycles. The number of aliphatic hydroxyl groups is 1. The molecule has 0 saturated carbocycles. The maximum absolute atomic E-state index is 9.12. The summed E-state index contributed by atoms with van der Waals surface area (Å²) >= 11 is 12.6. The number of benzene rings is 1. The first-order valence-corrected chi connectivity index (χ1v) is 8.91. The van der Waals surface area contributed by atoms with Crippen molar-refractivity contribution in [2.24, 2.45) is 0 Å². The van der Waals surface area contributed by atoms with Crippen LogP contribution in [0.4, 0.5) is 11.6 Å². The van der Waals surface area contributed by atoms with Gasteiger partial charge in [0.15, 0.2) is 5.82 Å². The van der Waals surface area contributed by atoms with Crippen LogP contribution in [0, 0.1) is 11.3 Å². The average Bonchev–Trinajstić information content (AvgIpc) is 3.12. The fraction of sp³-hybridized carbons (Fsp3) is 0.0526. The number of nitrogens with one attached hydrogen (secondary N) is 2. The number of hydrogen-bond donors (Lipinski definition) is 3. The number of nitrogens with zero attached hydrogens (tertiary/aromatic N) is 4. The zero-order valence-electron chi connectivity index (χ0n) is 14.2. The van der Waals surface area contributed by atoms with Gasteiger partial charge in [0.25, 0.3) is 0 Å². The summed E-state index contributed by atoms with van der Waals surface area (Å²) in [7, 11) is 0. The first-order chi connectivity index (χ1) is 13.6. The summed E-state index contributed by atoms with van der Waals surface area (Å²) in [4.78, 5) is 16.3. The molecule has 3 aromatic heterocycles. The highest BCUT2D eigenvalue weighted by atomic mass is 35.5. The molecule has 0 atom stereocenters. The molecule has 7 nitrogen and oxygen atoms in total. The lowest BCUT2D eigenvalue weighted by molar-refractivity contribution is 0.281. The zero-order chi connectivity index (χ0) is 19.7. The van der Waals surface area contributed by atoms with Crippen molar-refractivity contribution in [2.45, 2.75) is 6.61 Å². The third-order valence-electron chi connectivity index (χ3n) is 4.06. The topological polar surface area (TPSA) is 111 Å². The molecule has 0 bridgehead atoms. The van der Waals surface area contributed by atoms with Crippen LogP contribution in [0.15, 0.2) is 42.7 Å². The molecule has 3 heterocycles. The van der Waals surface area contributed by atoms with E-state index in [4.69, 9.17) is 33.6 Å². The number of nitriles is 1. The Morgan fingerprint density at radius 2 is 1.93 bits per heavy atom. The molecular formula is C19H12Cl2N6O. The van der Waals surface area contributed by atoms with Crippen molar-refractivity contribution in [3.05, 3.63) is 63.9 Å². The molecule has 0 aliphatic carbocycles. The molecule has 0 amide bonds. The second-order valence-electron chi connectivity index (χ2n) is 5.90. The predicted molar refractivity (Wildman–Crippen MR) is 108 cm³/mol. The highest BCUT2D eigenvalue weighted by Gasteiger charge is 2.16. The second-order valence-corrected chi connectivity index (χ2v) is 6.72. The zero-order valence-corrected chi connectivity index (χ0v) is 15.8. The maximum atomic E-state index is 9.12. The largest absolute Gasteiger partial charge is 0.392 e. The Morgan fingerprint density at radius 3 is 2.57 bits per heavy atom. The number of aromatic nitrogens is 4. The smallest absolute Gasteiger partial charge is 0.159 e. The van der Waals surface area contributed by atoms with Gasteiger partial charge in [0.05, 0.1) is 39.4 Å². The van der Waals surface area contributed by atoms with Gasteiger partial charge in [-0.2, -0.15) is 5.26 Å². The average molecular weight is 411 g/mol. The lowest BCUT2D eigenvalue weighted by Gasteiger charge is -2.05. The van der Waals surface area contributed by atoms with Crippen molar-refractivity contribution in [1.82, 2.24) is 19.9 Å². The van der Waals surface area contributed by atoms with E-state index in [1.54, 1.807) is 42.7 Å². The van der Waals surface area contributed by atoms with Crippen molar-refractivity contribution in [3.63, 3.8) is 0 Å². The van der Waals surface area contributed by atoms with Crippen LogP contribution in [0.3, 0.4) is 0 Å². The lowest BCUT2D eigenvalue weighted by atomic mass is 10.1. The number of halogens is 2. The second kappa shape index (κ2) is 7.44. The molecule has 9 heteroatoms. The summed E-state index contributed by atoms with van der Waals surface area (Å²) in [5, 5.41) is 21.9. The van der Waals surface area contributed by atoms with Crippen LogP contribution >= 0.6 is 23.2 Å². The molecule has 0 radical (unpaired) electrons. The Balaban J connectivity index is 1.76. The van der Waals surface area contributed by atoms with Gasteiger partial charge in [0.2, 0.25) is 0 Å². The van der Waals surface area contributed by atoms with Crippen LogP contribution in [-0.4, -0.2) is 25.0 Å². The minimum Gasteiger partial charge on any atom is -0.392 e. The van der Waals surface area contributed by atoms with Gasteiger partial charge in [0.1, 0.15) is 17.2 Å². The van der Waals surface area contributed by atoms with Crippen molar-refractivity contribution < 1.29 is 5.11 Å². The number of rotatable bonds is 4. The molecular weight excluding hydrogens is 399 g/mol. The number of fused-ring (bicyclic) bond motifs is 1. The van der Waals surface area contributed by atoms with Crippen LogP contribution in [-0.2, 0) is 6.61 Å². The summed E-state index contributed by atoms with van der Waals surface area (Å²) < 4.78 is 0. The number of anilines is 2. The standard InChI is InChI=1S/C19H12Cl2N6O/c20-12-5-11(7-22)6-13(21)16(12)18-25-14-3-4-23-19(17(14)27-18)26-15-2-1-10(9-28)8-24-15/h1-6,8,28H,9H2,(H,25,27)(H,23,24,26). The van der Waals surface area contributed by atoms with Gasteiger partial charge < -0.3 is 15.4 Å². The molecule has 0 spiro atoms. The van der Waals surface area contributed by atoms with E-state index in [9.17, 15) is 0 Å². The minimum atomic E-state index is -0.0735. The Labute approximate surface area is 169 Å². The van der Waals surface area contributed by atoms with Crippen molar-refractivity contribution in [1.29, 1.82) is 5.26 Å². The summed E-state index contributed by atoms with van der Waals surface area (Å²) in [5.41, 5.74) is 2.91. The number of imidazole rings is 1. The molecule has 1 aromatic carbocycles. The number of H-pyrrole nitrogens is 1. The Kier molecular flexibility index (Phi) is 4.84. The van der Waals surface area contributed by atoms with E-state index in [2.05, 4.69) is 25.3 Å². The van der Waals surface area contributed by atoms with Gasteiger partial charge in [-0.25, -0.2) is 15.0 Å². The Hall–Kier alpha value is -3.18. The Morgan fingerprint density at radius 1 is 1.14 bits per heavy atom. The fourth-order valence-corrected chi connectivity index (χ4v) is 3.39. The maximum Gasteiger partial charge on any atom is 0.159 e. The molecule has 0 aliphatic rings. The molecule has 0 unspecified atom stereocenters. The van der Waals surface area contributed by atoms with Crippen molar-refractivity contribution >= 4 is 45.9 Å². The van der Waals surface area contributed by atoms with Gasteiger partial charge >= 0.3 is 0 Å². The lowest BCUT2D eigenvalue weighted by Crippen LogP contribution is -1.97. The summed E-state index contributed by atoms with van der Waals surface area (Å²) in [6.45, 7) is -0.0735. The van der Waals surface area contributed by atoms with Gasteiger partial charge in [0, 0.05) is 12.4 Å². The minimum absolute atomic E-state index is 0.0735. The van der Waals surface area contributed by atoms with Crippen LogP contribution in [0.25, 0.3) is 22.4 Å². The van der Waals surface area contributed by atoms with Crippen molar-refractivity contribution in [2.75, 3.05) is 5.32 Å². The number of aliphatic hydroxyl groups excluding tert-OH is 1. The number of hydrogen-bond acceptors (Lipinski definition) is 6. The quantitative estimate of drug-likeness (QED) is 0.458. The van der Waals surface area contributed by atoms with Crippen molar-refractivity contribution in [3.8, 4) is 17.5 Å². The van der Waals surface area contributed by atoms with Gasteiger partial charge in [-0.05, 0) is 29.8 Å². The number of pyridine rings is 2. The molecule has 4 rings (SSSR count). The molecule has 4 aromatic rings. The Bertz CT molecular complexity index is 1190. The normalized spacial score (nSPS) is 10.8. The monoisotopic (exact) mass is 410 g/mol. The first kappa shape index (κ1) is 18.2. The fourth-order valence-electron chi connectivity index (χ4n) is 2.72. The van der Waals surface area contributed by atoms with E-state index in [0.29, 0.717) is 49.7 Å². The SMILES string of the molecule is N#Cc1cc(Cl)c(-c2nc3c(Nc4ccc(CO)cn4)nccc3[nH]2)c(Cl)c1. The highest BCUT2D eigenvalue weighted by Crippen LogP contribution is 2.36. The van der Waals surface area contributed by atoms with E-state index in [1.165, 1.54) is 0 Å². The van der Waals surface area contributed by atoms with E-state index < -0.39 is 0 Å². The van der Waals surface area contributed by atoms with Gasteiger partial charge in [-0.1, -0.05) is 29.3 Å². The van der Waals surface area contributed by atoms with E-state index in [0.717, 1.165) is 5.52 Å². The van der Waals surface area contributed by atoms with Gasteiger partial charge in [-0.15, -0.1) is 0 Å². The molecule has 0 fully saturated rings. The molecule has 3 N–H and O–H groups in total. The molecule has 28 heavy (non-hydrogen) atoms. The summed E-state index contributed by atoms with van der Waals surface area (Å²) in [6.07, 6.45) is 3.21. The summed E-state index contributed by atoms with van der Waals surface area (Å²) in [5.74, 6) is 1.54. The third-order valence-corrected chi connectivity index (χ3v) is 4.66. The van der Waals surface area contributed by atoms with Crippen LogP contribution in [0.2, 0.25) is 10.0 Å². The van der Waals surface area contributed by atoms with E-state index >= 15 is 0 Å². The van der Waals surface area contributed by atoms with Crippen LogP contribution in [0.1, 0.15) is 11.1 Å². The van der Waals surface area contributed by atoms with Crippen LogP contribution in [0.5, 0.6) is 0 Å². The predicted octanol–water partition coefficient (Wildman–Crippen LogP) is 4.43. The first-order valence-electron chi connectivity index (χ1n) is 8.16. The summed E-state index contributed by atoms with van der Waals surface area (Å²) in [6, 6.07) is 10.4. The third kappa shape index (κ3) is 3.37. The molecule has 138 valence electrons.